The van der Waals surface area contributed by atoms with Gasteiger partial charge in [-0.25, -0.2) is 4.79 Å². The second-order valence-corrected chi connectivity index (χ2v) is 7.49. The Morgan fingerprint density at radius 3 is 2.80 bits per heavy atom. The highest BCUT2D eigenvalue weighted by Crippen LogP contribution is 2.38. The molecule has 0 aromatic heterocycles. The smallest absolute Gasteiger partial charge is 0.338 e. The van der Waals surface area contributed by atoms with Crippen molar-refractivity contribution in [3.8, 4) is 0 Å². The molecule has 0 fully saturated rings. The molecule has 0 unspecified atom stereocenters. The molecule has 0 radical (unpaired) electrons. The highest BCUT2D eigenvalue weighted by Gasteiger charge is 2.37. The Morgan fingerprint density at radius 1 is 1.32 bits per heavy atom. The third-order valence-corrected chi connectivity index (χ3v) is 5.28. The number of rotatable bonds is 4. The van der Waals surface area contributed by atoms with Gasteiger partial charge in [-0.1, -0.05) is 33.6 Å². The first-order valence-corrected chi connectivity index (χ1v) is 9.11. The van der Waals surface area contributed by atoms with Crippen LogP contribution in [0.2, 0.25) is 5.02 Å². The van der Waals surface area contributed by atoms with E-state index in [9.17, 15) is 10.0 Å². The number of fused-ring (bicyclic) bond motifs is 1. The average molecular weight is 423 g/mol. The van der Waals surface area contributed by atoms with E-state index in [1.54, 1.807) is 24.3 Å². The molecule has 130 valence electrons. The summed E-state index contributed by atoms with van der Waals surface area (Å²) in [5.41, 5.74) is 1.92. The lowest BCUT2D eigenvalue weighted by Crippen LogP contribution is -2.38. The van der Waals surface area contributed by atoms with Gasteiger partial charge in [0, 0.05) is 9.50 Å². The largest absolute Gasteiger partial charge is 0.461 e. The first kappa shape index (κ1) is 18.0. The van der Waals surface area contributed by atoms with Gasteiger partial charge in [0.25, 0.3) is 0 Å². The lowest BCUT2D eigenvalue weighted by Gasteiger charge is -2.35. The number of esters is 1. The molecule has 1 N–H and O–H groups in total. The predicted octanol–water partition coefficient (Wildman–Crippen LogP) is 4.99. The average Bonchev–Trinajstić information content (AvgIpc) is 2.60. The molecule has 0 bridgehead atoms. The Kier molecular flexibility index (Phi) is 5.45. The maximum Gasteiger partial charge on any atom is 0.338 e. The van der Waals surface area contributed by atoms with E-state index in [-0.39, 0.29) is 6.61 Å². The minimum Gasteiger partial charge on any atom is -0.461 e. The summed E-state index contributed by atoms with van der Waals surface area (Å²) >= 11 is 9.44. The summed E-state index contributed by atoms with van der Waals surface area (Å²) in [6.45, 7) is 0.112. The lowest BCUT2D eigenvalue weighted by molar-refractivity contribution is 0.0438. The van der Waals surface area contributed by atoms with Crippen molar-refractivity contribution in [3.63, 3.8) is 0 Å². The zero-order valence-corrected chi connectivity index (χ0v) is 15.8. The standard InChI is InChI=1S/C19H17BrClNO3/c20-15-5-3-13(4-6-15)18(23)25-12-19(11-22-24)9-1-2-14-10-16(21)7-8-17(14)19/h3-8,10-11,24H,1-2,9,12H2/b22-11+/t19-/m0/s1. The Bertz CT molecular complexity index is 807. The number of benzene rings is 2. The highest BCUT2D eigenvalue weighted by molar-refractivity contribution is 9.10. The van der Waals surface area contributed by atoms with Crippen molar-refractivity contribution in [1.29, 1.82) is 0 Å². The van der Waals surface area contributed by atoms with Crippen molar-refractivity contribution < 1.29 is 14.7 Å². The van der Waals surface area contributed by atoms with Crippen molar-refractivity contribution in [1.82, 2.24) is 0 Å². The fourth-order valence-electron chi connectivity index (χ4n) is 3.28. The fourth-order valence-corrected chi connectivity index (χ4v) is 3.74. The van der Waals surface area contributed by atoms with Crippen LogP contribution in [0.25, 0.3) is 0 Å². The van der Waals surface area contributed by atoms with Crippen LogP contribution in [0.4, 0.5) is 0 Å². The van der Waals surface area contributed by atoms with Gasteiger partial charge < -0.3 is 9.94 Å². The predicted molar refractivity (Wildman–Crippen MR) is 101 cm³/mol. The SMILES string of the molecule is O=C(OC[C@@]1(/C=N/O)CCCc2cc(Cl)ccc21)c1ccc(Br)cc1. The summed E-state index contributed by atoms with van der Waals surface area (Å²) in [5, 5.41) is 13.1. The molecule has 2 aromatic carbocycles. The Hall–Kier alpha value is -1.85. The minimum atomic E-state index is -0.641. The molecule has 6 heteroatoms. The monoisotopic (exact) mass is 421 g/mol. The first-order valence-electron chi connectivity index (χ1n) is 7.94. The lowest BCUT2D eigenvalue weighted by atomic mass is 9.71. The second-order valence-electron chi connectivity index (χ2n) is 6.14. The summed E-state index contributed by atoms with van der Waals surface area (Å²) in [4.78, 5) is 12.3. The van der Waals surface area contributed by atoms with Crippen LogP contribution >= 0.6 is 27.5 Å². The van der Waals surface area contributed by atoms with Gasteiger partial charge in [-0.2, -0.15) is 0 Å². The molecule has 0 heterocycles. The molecule has 0 spiro atoms. The van der Waals surface area contributed by atoms with Crippen LogP contribution in [0.5, 0.6) is 0 Å². The summed E-state index contributed by atoms with van der Waals surface area (Å²) < 4.78 is 6.46. The van der Waals surface area contributed by atoms with Crippen molar-refractivity contribution in [2.75, 3.05) is 6.61 Å². The molecule has 4 nitrogen and oxygen atoms in total. The molecule has 25 heavy (non-hydrogen) atoms. The number of hydrogen-bond acceptors (Lipinski definition) is 4. The van der Waals surface area contributed by atoms with E-state index >= 15 is 0 Å². The molecule has 0 saturated heterocycles. The molecule has 0 aliphatic heterocycles. The van der Waals surface area contributed by atoms with Gasteiger partial charge in [0.15, 0.2) is 0 Å². The van der Waals surface area contributed by atoms with Crippen molar-refractivity contribution in [2.24, 2.45) is 5.16 Å². The maximum absolute atomic E-state index is 12.3. The molecular formula is C19H17BrClNO3. The van der Waals surface area contributed by atoms with Crippen molar-refractivity contribution >= 4 is 39.7 Å². The van der Waals surface area contributed by atoms with Crippen molar-refractivity contribution in [3.05, 3.63) is 68.7 Å². The molecule has 0 amide bonds. The zero-order chi connectivity index (χ0) is 17.9. The maximum atomic E-state index is 12.3. The van der Waals surface area contributed by atoms with E-state index in [0.29, 0.717) is 10.6 Å². The second kappa shape index (κ2) is 7.58. The number of halogens is 2. The summed E-state index contributed by atoms with van der Waals surface area (Å²) in [6, 6.07) is 12.6. The molecule has 2 aromatic rings. The highest BCUT2D eigenvalue weighted by atomic mass is 79.9. The van der Waals surface area contributed by atoms with E-state index < -0.39 is 11.4 Å². The van der Waals surface area contributed by atoms with E-state index in [0.717, 1.165) is 34.9 Å². The number of carbonyl (C=O) groups excluding carboxylic acids is 1. The number of nitrogens with zero attached hydrogens (tertiary/aromatic N) is 1. The van der Waals surface area contributed by atoms with Gasteiger partial charge in [0.05, 0.1) is 17.2 Å². The van der Waals surface area contributed by atoms with Gasteiger partial charge in [-0.05, 0) is 66.8 Å². The van der Waals surface area contributed by atoms with E-state index in [4.69, 9.17) is 16.3 Å². The van der Waals surface area contributed by atoms with Gasteiger partial charge in [-0.15, -0.1) is 5.16 Å². The molecular weight excluding hydrogens is 406 g/mol. The summed E-state index contributed by atoms with van der Waals surface area (Å²) in [7, 11) is 0. The molecule has 3 rings (SSSR count). The van der Waals surface area contributed by atoms with Crippen LogP contribution < -0.4 is 0 Å². The number of oxime groups is 1. The third-order valence-electron chi connectivity index (χ3n) is 4.52. The number of carbonyl (C=O) groups is 1. The zero-order valence-electron chi connectivity index (χ0n) is 13.4. The van der Waals surface area contributed by atoms with Gasteiger partial charge in [0.2, 0.25) is 0 Å². The van der Waals surface area contributed by atoms with E-state index in [2.05, 4.69) is 21.1 Å². The van der Waals surface area contributed by atoms with Crippen LogP contribution in [-0.4, -0.2) is 24.0 Å². The van der Waals surface area contributed by atoms with Gasteiger partial charge in [-0.3, -0.25) is 0 Å². The normalized spacial score (nSPS) is 19.6. The Balaban J connectivity index is 1.85. The topological polar surface area (TPSA) is 58.9 Å². The van der Waals surface area contributed by atoms with Crippen LogP contribution in [0.3, 0.4) is 0 Å². The quantitative estimate of drug-likeness (QED) is 0.327. The third kappa shape index (κ3) is 3.88. The number of hydrogen-bond donors (Lipinski definition) is 1. The first-order chi connectivity index (χ1) is 12.0. The van der Waals surface area contributed by atoms with Crippen LogP contribution in [-0.2, 0) is 16.6 Å². The van der Waals surface area contributed by atoms with Crippen LogP contribution in [0.15, 0.2) is 52.1 Å². The van der Waals surface area contributed by atoms with E-state index in [1.165, 1.54) is 6.21 Å². The van der Waals surface area contributed by atoms with E-state index in [1.807, 2.05) is 18.2 Å². The number of ether oxygens (including phenoxy) is 1. The summed E-state index contributed by atoms with van der Waals surface area (Å²) in [6.07, 6.45) is 4.00. The van der Waals surface area contributed by atoms with Crippen LogP contribution in [0, 0.1) is 0 Å². The van der Waals surface area contributed by atoms with Crippen LogP contribution in [0.1, 0.15) is 34.3 Å². The fraction of sp³-hybridized carbons (Fsp3) is 0.263. The number of aryl methyl sites for hydroxylation is 1. The molecule has 0 saturated carbocycles. The summed E-state index contributed by atoms with van der Waals surface area (Å²) in [5.74, 6) is -0.403. The van der Waals surface area contributed by atoms with Crippen molar-refractivity contribution in [2.45, 2.75) is 24.7 Å². The molecule has 1 atom stereocenters. The van der Waals surface area contributed by atoms with Gasteiger partial charge >= 0.3 is 5.97 Å². The Labute approximate surface area is 159 Å². The Morgan fingerprint density at radius 2 is 2.08 bits per heavy atom. The molecule has 1 aliphatic carbocycles. The van der Waals surface area contributed by atoms with Gasteiger partial charge in [0.1, 0.15) is 6.61 Å². The molecule has 1 aliphatic rings. The minimum absolute atomic E-state index is 0.112.